The molecule has 3 aromatic rings. The van der Waals surface area contributed by atoms with Crippen molar-refractivity contribution in [2.45, 2.75) is 32.6 Å². The van der Waals surface area contributed by atoms with E-state index in [1.807, 2.05) is 35.9 Å². The number of nitrogens with zero attached hydrogens (tertiary/aromatic N) is 4. The molecule has 22 heavy (non-hydrogen) atoms. The average molecular weight is 296 g/mol. The van der Waals surface area contributed by atoms with Crippen molar-refractivity contribution in [2.24, 2.45) is 0 Å². The van der Waals surface area contributed by atoms with Gasteiger partial charge in [-0.2, -0.15) is 10.1 Å². The zero-order valence-electron chi connectivity index (χ0n) is 12.3. The van der Waals surface area contributed by atoms with Crippen LogP contribution >= 0.6 is 0 Å². The molecular formula is C16H16N4O2. The molecule has 112 valence electrons. The summed E-state index contributed by atoms with van der Waals surface area (Å²) in [4.78, 5) is 4.33. The number of hydrogen-bond acceptors (Lipinski definition) is 5. The van der Waals surface area contributed by atoms with Gasteiger partial charge in [-0.25, -0.2) is 0 Å². The van der Waals surface area contributed by atoms with E-state index in [1.165, 1.54) is 0 Å². The predicted molar refractivity (Wildman–Crippen MR) is 78.9 cm³/mol. The van der Waals surface area contributed by atoms with E-state index >= 15 is 0 Å². The van der Waals surface area contributed by atoms with Crippen molar-refractivity contribution >= 4 is 0 Å². The highest BCUT2D eigenvalue weighted by Gasteiger charge is 2.24. The summed E-state index contributed by atoms with van der Waals surface area (Å²) >= 11 is 0. The van der Waals surface area contributed by atoms with Gasteiger partial charge in [0, 0.05) is 6.42 Å². The summed E-state index contributed by atoms with van der Waals surface area (Å²) in [7, 11) is 0. The van der Waals surface area contributed by atoms with Gasteiger partial charge in [0.25, 0.3) is 5.89 Å². The molecule has 0 amide bonds. The van der Waals surface area contributed by atoms with Gasteiger partial charge < -0.3 is 9.26 Å². The van der Waals surface area contributed by atoms with Gasteiger partial charge in [0.05, 0.1) is 18.8 Å². The van der Waals surface area contributed by atoms with Crippen LogP contribution in [0.25, 0.3) is 11.6 Å². The van der Waals surface area contributed by atoms with Crippen LogP contribution in [0.3, 0.4) is 0 Å². The Morgan fingerprint density at radius 2 is 2.14 bits per heavy atom. The fraction of sp³-hybridized carbons (Fsp3) is 0.312. The van der Waals surface area contributed by atoms with Gasteiger partial charge >= 0.3 is 0 Å². The minimum Gasteiger partial charge on any atom is -0.365 e. The van der Waals surface area contributed by atoms with Crippen molar-refractivity contribution in [3.63, 3.8) is 0 Å². The SMILES string of the molecule is CCc1noc(-c2cc3n(n2)C[C@H](c2ccccc2)OC3)n1. The van der Waals surface area contributed by atoms with Gasteiger partial charge in [-0.15, -0.1) is 0 Å². The van der Waals surface area contributed by atoms with Gasteiger partial charge in [-0.1, -0.05) is 42.4 Å². The Hall–Kier alpha value is -2.47. The third-order valence-corrected chi connectivity index (χ3v) is 3.81. The Morgan fingerprint density at radius 3 is 2.91 bits per heavy atom. The molecule has 6 nitrogen and oxygen atoms in total. The summed E-state index contributed by atoms with van der Waals surface area (Å²) in [5, 5.41) is 8.50. The zero-order chi connectivity index (χ0) is 14.9. The summed E-state index contributed by atoms with van der Waals surface area (Å²) in [5.41, 5.74) is 2.90. The van der Waals surface area contributed by atoms with Crippen molar-refractivity contribution in [3.05, 3.63) is 53.5 Å². The van der Waals surface area contributed by atoms with Gasteiger partial charge in [-0.05, 0) is 11.6 Å². The Kier molecular flexibility index (Phi) is 3.23. The summed E-state index contributed by atoms with van der Waals surface area (Å²) < 4.78 is 13.2. The lowest BCUT2D eigenvalue weighted by Gasteiger charge is -2.24. The molecule has 0 N–H and O–H groups in total. The molecule has 4 rings (SSSR count). The van der Waals surface area contributed by atoms with Crippen LogP contribution in [0.5, 0.6) is 0 Å². The number of ether oxygens (including phenoxy) is 1. The Bertz CT molecular complexity index is 779. The van der Waals surface area contributed by atoms with Crippen LogP contribution in [0.1, 0.15) is 30.1 Å². The van der Waals surface area contributed by atoms with Crippen LogP contribution < -0.4 is 0 Å². The van der Waals surface area contributed by atoms with Crippen LogP contribution in [0.15, 0.2) is 40.9 Å². The second kappa shape index (κ2) is 5.38. The number of fused-ring (bicyclic) bond motifs is 1. The highest BCUT2D eigenvalue weighted by atomic mass is 16.5. The van der Waals surface area contributed by atoms with Crippen LogP contribution in [0, 0.1) is 0 Å². The summed E-state index contributed by atoms with van der Waals surface area (Å²) in [6, 6.07) is 12.1. The molecule has 6 heteroatoms. The monoisotopic (exact) mass is 296 g/mol. The number of aryl methyl sites for hydroxylation is 1. The average Bonchev–Trinajstić information content (AvgIpc) is 3.21. The summed E-state index contributed by atoms with van der Waals surface area (Å²) in [6.45, 7) is 3.21. The third kappa shape index (κ3) is 2.31. The molecule has 0 saturated carbocycles. The molecule has 0 radical (unpaired) electrons. The first kappa shape index (κ1) is 13.2. The van der Waals surface area contributed by atoms with Crippen molar-refractivity contribution in [1.29, 1.82) is 0 Å². The first-order valence-electron chi connectivity index (χ1n) is 7.39. The summed E-state index contributed by atoms with van der Waals surface area (Å²) in [5.74, 6) is 1.16. The molecular weight excluding hydrogens is 280 g/mol. The van der Waals surface area contributed by atoms with E-state index in [4.69, 9.17) is 9.26 Å². The van der Waals surface area contributed by atoms with E-state index in [-0.39, 0.29) is 6.10 Å². The second-order valence-electron chi connectivity index (χ2n) is 5.28. The standard InChI is InChI=1S/C16H16N4O2/c1-2-15-17-16(22-19-15)13-8-12-10-21-14(9-20(12)18-13)11-6-4-3-5-7-11/h3-8,14H,2,9-10H2,1H3/t14-/m1/s1. The quantitative estimate of drug-likeness (QED) is 0.743. The molecule has 0 aliphatic carbocycles. The fourth-order valence-electron chi connectivity index (χ4n) is 2.60. The van der Waals surface area contributed by atoms with Gasteiger partial charge in [0.1, 0.15) is 6.10 Å². The van der Waals surface area contributed by atoms with Gasteiger partial charge in [-0.3, -0.25) is 4.68 Å². The van der Waals surface area contributed by atoms with E-state index in [1.54, 1.807) is 0 Å². The summed E-state index contributed by atoms with van der Waals surface area (Å²) in [6.07, 6.45) is 0.770. The lowest BCUT2D eigenvalue weighted by Crippen LogP contribution is -2.21. The topological polar surface area (TPSA) is 66.0 Å². The van der Waals surface area contributed by atoms with Gasteiger partial charge in [0.2, 0.25) is 0 Å². The van der Waals surface area contributed by atoms with Gasteiger partial charge in [0.15, 0.2) is 11.5 Å². The highest BCUT2D eigenvalue weighted by molar-refractivity contribution is 5.47. The number of rotatable bonds is 3. The lowest BCUT2D eigenvalue weighted by atomic mass is 10.1. The minimum absolute atomic E-state index is 0.0235. The van der Waals surface area contributed by atoms with Crippen LogP contribution in [-0.4, -0.2) is 19.9 Å². The third-order valence-electron chi connectivity index (χ3n) is 3.81. The maximum Gasteiger partial charge on any atom is 0.278 e. The molecule has 2 aromatic heterocycles. The Balaban J connectivity index is 1.60. The van der Waals surface area contributed by atoms with E-state index in [0.29, 0.717) is 30.6 Å². The maximum absolute atomic E-state index is 5.94. The molecule has 1 atom stereocenters. The zero-order valence-corrected chi connectivity index (χ0v) is 12.3. The van der Waals surface area contributed by atoms with Crippen LogP contribution in [0.4, 0.5) is 0 Å². The van der Waals surface area contributed by atoms with Crippen LogP contribution in [-0.2, 0) is 24.3 Å². The van der Waals surface area contributed by atoms with E-state index in [2.05, 4.69) is 27.4 Å². The Morgan fingerprint density at radius 1 is 1.27 bits per heavy atom. The lowest BCUT2D eigenvalue weighted by molar-refractivity contribution is -0.00113. The molecule has 1 aliphatic heterocycles. The van der Waals surface area contributed by atoms with Crippen molar-refractivity contribution < 1.29 is 9.26 Å². The molecule has 1 aromatic carbocycles. The van der Waals surface area contributed by atoms with Crippen molar-refractivity contribution in [2.75, 3.05) is 0 Å². The minimum atomic E-state index is 0.0235. The molecule has 1 aliphatic rings. The largest absolute Gasteiger partial charge is 0.365 e. The van der Waals surface area contributed by atoms with E-state index < -0.39 is 0 Å². The number of benzene rings is 1. The van der Waals surface area contributed by atoms with E-state index in [9.17, 15) is 0 Å². The van der Waals surface area contributed by atoms with Crippen LogP contribution in [0.2, 0.25) is 0 Å². The first-order chi connectivity index (χ1) is 10.8. The number of aromatic nitrogens is 4. The second-order valence-corrected chi connectivity index (χ2v) is 5.28. The first-order valence-corrected chi connectivity index (χ1v) is 7.39. The molecule has 0 unspecified atom stereocenters. The number of hydrogen-bond donors (Lipinski definition) is 0. The molecule has 3 heterocycles. The van der Waals surface area contributed by atoms with Crippen molar-refractivity contribution in [1.82, 2.24) is 19.9 Å². The maximum atomic E-state index is 5.94. The van der Waals surface area contributed by atoms with Crippen molar-refractivity contribution in [3.8, 4) is 11.6 Å². The molecule has 0 saturated heterocycles. The normalized spacial score (nSPS) is 17.4. The fourth-order valence-corrected chi connectivity index (χ4v) is 2.60. The smallest absolute Gasteiger partial charge is 0.278 e. The molecule has 0 fully saturated rings. The predicted octanol–water partition coefficient (Wildman–Crippen LogP) is 2.77. The van der Waals surface area contributed by atoms with E-state index in [0.717, 1.165) is 17.7 Å². The Labute approximate surface area is 127 Å². The molecule has 0 bridgehead atoms. The molecule has 0 spiro atoms. The highest BCUT2D eigenvalue weighted by Crippen LogP contribution is 2.28.